The first-order chi connectivity index (χ1) is 11.7. The molecule has 120 valence electrons. The van der Waals surface area contributed by atoms with Gasteiger partial charge in [0, 0.05) is 5.56 Å². The minimum atomic E-state index is -0.533. The third kappa shape index (κ3) is 3.10. The highest BCUT2D eigenvalue weighted by Gasteiger charge is 2.22. The van der Waals surface area contributed by atoms with Gasteiger partial charge < -0.3 is 14.3 Å². The zero-order valence-electron chi connectivity index (χ0n) is 12.3. The number of oxime groups is 1. The Kier molecular flexibility index (Phi) is 4.25. The minimum Gasteiger partial charge on any atom is -0.454 e. The molecule has 0 saturated carbocycles. The van der Waals surface area contributed by atoms with Crippen molar-refractivity contribution < 1.29 is 19.2 Å². The van der Waals surface area contributed by atoms with E-state index in [0.717, 1.165) is 0 Å². The molecule has 0 N–H and O–H groups in total. The Labute approximate surface area is 136 Å². The van der Waals surface area contributed by atoms with E-state index < -0.39 is 4.92 Å². The van der Waals surface area contributed by atoms with Crippen LogP contribution in [-0.4, -0.2) is 17.9 Å². The van der Waals surface area contributed by atoms with E-state index in [4.69, 9.17) is 19.6 Å². The van der Waals surface area contributed by atoms with Gasteiger partial charge in [-0.25, -0.2) is 0 Å². The van der Waals surface area contributed by atoms with E-state index in [1.54, 1.807) is 24.3 Å². The van der Waals surface area contributed by atoms with Crippen molar-refractivity contribution in [2.45, 2.75) is 6.61 Å². The van der Waals surface area contributed by atoms with E-state index in [1.165, 1.54) is 18.3 Å². The molecule has 0 radical (unpaired) electrons. The largest absolute Gasteiger partial charge is 0.454 e. The van der Waals surface area contributed by atoms with Gasteiger partial charge in [0.15, 0.2) is 11.5 Å². The van der Waals surface area contributed by atoms with Gasteiger partial charge in [-0.1, -0.05) is 23.4 Å². The molecular weight excluding hydrogens is 314 g/mol. The van der Waals surface area contributed by atoms with Crippen LogP contribution in [0.4, 0.5) is 5.69 Å². The zero-order chi connectivity index (χ0) is 16.9. The molecule has 8 heteroatoms. The summed E-state index contributed by atoms with van der Waals surface area (Å²) < 4.78 is 10.3. The number of nitriles is 1. The summed E-state index contributed by atoms with van der Waals surface area (Å²) in [5.41, 5.74) is 1.24. The van der Waals surface area contributed by atoms with Crippen molar-refractivity contribution in [3.05, 3.63) is 63.2 Å². The molecule has 2 aromatic rings. The van der Waals surface area contributed by atoms with Gasteiger partial charge in [0.2, 0.25) is 6.79 Å². The van der Waals surface area contributed by atoms with Gasteiger partial charge >= 0.3 is 0 Å². The Morgan fingerprint density at radius 2 is 2.08 bits per heavy atom. The number of fused-ring (bicyclic) bond motifs is 1. The molecule has 0 unspecified atom stereocenters. The van der Waals surface area contributed by atoms with Crippen LogP contribution in [0.2, 0.25) is 0 Å². The van der Waals surface area contributed by atoms with Gasteiger partial charge in [0.25, 0.3) is 5.69 Å². The Bertz CT molecular complexity index is 857. The molecule has 0 amide bonds. The summed E-state index contributed by atoms with van der Waals surface area (Å²) in [6, 6.07) is 11.8. The topological polar surface area (TPSA) is 107 Å². The van der Waals surface area contributed by atoms with Crippen molar-refractivity contribution in [3.63, 3.8) is 0 Å². The van der Waals surface area contributed by atoms with Crippen LogP contribution in [0.3, 0.4) is 0 Å². The van der Waals surface area contributed by atoms with Gasteiger partial charge in [0.1, 0.15) is 6.61 Å². The fraction of sp³-hybridized carbons (Fsp3) is 0.125. The SMILES string of the molecule is N#Cc1ccccc1CO/N=C/c1cc2c(cc1[N+](=O)[O-])OCO2. The highest BCUT2D eigenvalue weighted by atomic mass is 16.7. The standard InChI is InChI=1S/C16H11N3O5/c17-7-11-3-1-2-4-12(11)9-24-18-8-13-5-15-16(23-10-22-15)6-14(13)19(20)21/h1-6,8H,9-10H2/b18-8+. The Hall–Kier alpha value is -3.60. The lowest BCUT2D eigenvalue weighted by molar-refractivity contribution is -0.385. The average molecular weight is 325 g/mol. The van der Waals surface area contributed by atoms with Crippen LogP contribution in [0, 0.1) is 21.4 Å². The molecule has 0 bridgehead atoms. The summed E-state index contributed by atoms with van der Waals surface area (Å²) in [6.07, 6.45) is 1.23. The monoisotopic (exact) mass is 325 g/mol. The number of nitrogens with zero attached hydrogens (tertiary/aromatic N) is 3. The first kappa shape index (κ1) is 15.3. The minimum absolute atomic E-state index is 0.0223. The maximum Gasteiger partial charge on any atom is 0.282 e. The van der Waals surface area contributed by atoms with E-state index in [9.17, 15) is 10.1 Å². The molecule has 0 atom stereocenters. The van der Waals surface area contributed by atoms with Crippen LogP contribution in [0.1, 0.15) is 16.7 Å². The average Bonchev–Trinajstić information content (AvgIpc) is 3.05. The molecule has 0 spiro atoms. The van der Waals surface area contributed by atoms with Gasteiger partial charge in [-0.05, 0) is 12.1 Å². The predicted octanol–water partition coefficient (Wildman–Crippen LogP) is 2.75. The zero-order valence-corrected chi connectivity index (χ0v) is 12.3. The number of nitro groups is 1. The van der Waals surface area contributed by atoms with Crippen molar-refractivity contribution >= 4 is 11.9 Å². The first-order valence-electron chi connectivity index (χ1n) is 6.90. The number of ether oxygens (including phenoxy) is 2. The Morgan fingerprint density at radius 1 is 1.33 bits per heavy atom. The smallest absolute Gasteiger partial charge is 0.282 e. The Balaban J connectivity index is 1.75. The maximum absolute atomic E-state index is 11.1. The normalized spacial score (nSPS) is 12.1. The highest BCUT2D eigenvalue weighted by Crippen LogP contribution is 2.37. The molecule has 1 aliphatic heterocycles. The third-order valence-corrected chi connectivity index (χ3v) is 3.34. The second-order valence-electron chi connectivity index (χ2n) is 4.80. The first-order valence-corrected chi connectivity index (χ1v) is 6.90. The molecule has 0 fully saturated rings. The lowest BCUT2D eigenvalue weighted by Gasteiger charge is -2.02. The van der Waals surface area contributed by atoms with Crippen LogP contribution < -0.4 is 9.47 Å². The maximum atomic E-state index is 11.1. The quantitative estimate of drug-likeness (QED) is 0.475. The number of benzene rings is 2. The van der Waals surface area contributed by atoms with Gasteiger partial charge in [0.05, 0.1) is 34.4 Å². The van der Waals surface area contributed by atoms with Gasteiger partial charge in [-0.15, -0.1) is 0 Å². The van der Waals surface area contributed by atoms with Crippen LogP contribution in [0.15, 0.2) is 41.6 Å². The number of hydrogen-bond donors (Lipinski definition) is 0. The van der Waals surface area contributed by atoms with Crippen molar-refractivity contribution in [1.29, 1.82) is 5.26 Å². The fourth-order valence-electron chi connectivity index (χ4n) is 2.16. The van der Waals surface area contributed by atoms with Crippen LogP contribution >= 0.6 is 0 Å². The lowest BCUT2D eigenvalue weighted by Crippen LogP contribution is -1.96. The number of rotatable bonds is 5. The molecule has 8 nitrogen and oxygen atoms in total. The van der Waals surface area contributed by atoms with E-state index in [1.807, 2.05) is 0 Å². The third-order valence-electron chi connectivity index (χ3n) is 3.34. The molecule has 1 aliphatic rings. The number of hydrogen-bond acceptors (Lipinski definition) is 7. The van der Waals surface area contributed by atoms with Crippen molar-refractivity contribution in [2.24, 2.45) is 5.16 Å². The second kappa shape index (κ2) is 6.66. The molecular formula is C16H11N3O5. The van der Waals surface area contributed by atoms with Gasteiger partial charge in [-0.2, -0.15) is 5.26 Å². The molecule has 24 heavy (non-hydrogen) atoms. The molecule has 2 aromatic carbocycles. The Morgan fingerprint density at radius 3 is 2.83 bits per heavy atom. The molecule has 0 aromatic heterocycles. The molecule has 1 heterocycles. The van der Waals surface area contributed by atoms with E-state index >= 15 is 0 Å². The molecule has 0 saturated heterocycles. The van der Waals surface area contributed by atoms with Crippen molar-refractivity contribution in [3.8, 4) is 17.6 Å². The number of nitro benzene ring substituents is 1. The van der Waals surface area contributed by atoms with Gasteiger partial charge in [-0.3, -0.25) is 10.1 Å². The summed E-state index contributed by atoms with van der Waals surface area (Å²) in [5, 5.41) is 23.9. The van der Waals surface area contributed by atoms with E-state index in [-0.39, 0.29) is 24.7 Å². The summed E-state index contributed by atoms with van der Waals surface area (Å²) in [5.74, 6) is 0.736. The molecule has 3 rings (SSSR count). The van der Waals surface area contributed by atoms with E-state index in [2.05, 4.69) is 11.2 Å². The highest BCUT2D eigenvalue weighted by molar-refractivity contribution is 5.86. The van der Waals surface area contributed by atoms with Crippen LogP contribution in [-0.2, 0) is 11.4 Å². The van der Waals surface area contributed by atoms with Crippen molar-refractivity contribution in [2.75, 3.05) is 6.79 Å². The fourth-order valence-corrected chi connectivity index (χ4v) is 2.16. The summed E-state index contributed by atoms with van der Waals surface area (Å²) in [7, 11) is 0. The summed E-state index contributed by atoms with van der Waals surface area (Å²) in [4.78, 5) is 15.7. The summed E-state index contributed by atoms with van der Waals surface area (Å²) >= 11 is 0. The lowest BCUT2D eigenvalue weighted by atomic mass is 10.1. The van der Waals surface area contributed by atoms with Crippen LogP contribution in [0.25, 0.3) is 0 Å². The van der Waals surface area contributed by atoms with E-state index in [0.29, 0.717) is 22.6 Å². The van der Waals surface area contributed by atoms with Crippen molar-refractivity contribution in [1.82, 2.24) is 0 Å². The predicted molar refractivity (Wildman–Crippen MR) is 82.8 cm³/mol. The molecule has 0 aliphatic carbocycles. The van der Waals surface area contributed by atoms with Crippen LogP contribution in [0.5, 0.6) is 11.5 Å². The second-order valence-corrected chi connectivity index (χ2v) is 4.80. The summed E-state index contributed by atoms with van der Waals surface area (Å²) in [6.45, 7) is 0.104.